The second kappa shape index (κ2) is 21.4. The summed E-state index contributed by atoms with van der Waals surface area (Å²) in [4.78, 5) is 0. The van der Waals surface area contributed by atoms with Gasteiger partial charge in [-0.1, -0.05) is 159 Å². The minimum Gasteiger partial charge on any atom is -0.204 e. The first-order valence-electron chi connectivity index (χ1n) is 19.4. The number of rotatable bonds is 11. The minimum absolute atomic E-state index is 0.410. The molecule has 0 aliphatic rings. The molecule has 0 heterocycles. The molecule has 0 N–H and O–H groups in total. The maximum absolute atomic E-state index is 13.5. The monoisotopic (exact) mass is 910 g/mol. The van der Waals surface area contributed by atoms with E-state index < -0.39 is 50.4 Å². The van der Waals surface area contributed by atoms with Gasteiger partial charge in [-0.3, -0.25) is 0 Å². The van der Waals surface area contributed by atoms with E-state index in [0.717, 1.165) is 47.1 Å². The van der Waals surface area contributed by atoms with E-state index in [0.29, 0.717) is 23.2 Å². The Morgan fingerprint density at radius 2 is 0.759 bits per heavy atom. The highest BCUT2D eigenvalue weighted by Crippen LogP contribution is 2.25. The van der Waals surface area contributed by atoms with E-state index in [1.807, 2.05) is 13.1 Å². The van der Waals surface area contributed by atoms with Crippen molar-refractivity contribution in [3.8, 4) is 22.3 Å². The second-order valence-corrected chi connectivity index (χ2v) is 28.2. The third kappa shape index (κ3) is 14.1. The molecule has 10 heteroatoms. The molecule has 58 heavy (non-hydrogen) atoms. The summed E-state index contributed by atoms with van der Waals surface area (Å²) in [6, 6.07) is 39.5. The van der Waals surface area contributed by atoms with Crippen LogP contribution in [0.2, 0.25) is 26.2 Å². The molecule has 0 radical (unpaired) electrons. The first-order valence-corrected chi connectivity index (χ1v) is 27.6. The van der Waals surface area contributed by atoms with Crippen LogP contribution in [0.1, 0.15) is 48.9 Å². The summed E-state index contributed by atoms with van der Waals surface area (Å²) in [5.74, 6) is -7.39. The fourth-order valence-corrected chi connectivity index (χ4v) is 11.0. The normalized spacial score (nSPS) is 11.3. The summed E-state index contributed by atoms with van der Waals surface area (Å²) >= 11 is 9.46. The molecule has 0 aliphatic heterocycles. The molecular weight excluding hydrogens is 862 g/mol. The molecule has 6 rings (SSSR count). The first-order chi connectivity index (χ1) is 27.4. The van der Waals surface area contributed by atoms with Gasteiger partial charge in [-0.05, 0) is 106 Å². The average molecular weight is 912 g/mol. The predicted octanol–water partition coefficient (Wildman–Crippen LogP) is 15.1. The van der Waals surface area contributed by atoms with Gasteiger partial charge in [-0.15, -0.1) is 0 Å². The highest BCUT2D eigenvalue weighted by molar-refractivity contribution is 9.10. The zero-order valence-corrected chi connectivity index (χ0v) is 38.2. The van der Waals surface area contributed by atoms with Crippen molar-refractivity contribution in [2.24, 2.45) is 0 Å². The van der Waals surface area contributed by atoms with Crippen molar-refractivity contribution in [3.05, 3.63) is 183 Å². The molecule has 6 aromatic carbocycles. The van der Waals surface area contributed by atoms with Gasteiger partial charge in [0, 0.05) is 4.47 Å². The number of hydrogen-bond donors (Lipinski definition) is 0. The van der Waals surface area contributed by atoms with E-state index in [4.69, 9.17) is 11.1 Å². The zero-order valence-electron chi connectivity index (χ0n) is 33.8. The summed E-state index contributed by atoms with van der Waals surface area (Å²) in [7, 11) is -3.93. The summed E-state index contributed by atoms with van der Waals surface area (Å²) in [6.07, 6.45) is 4.59. The molecule has 0 spiro atoms. The highest BCUT2D eigenvalue weighted by Gasteiger charge is 2.25. The third-order valence-corrected chi connectivity index (χ3v) is 14.9. The molecule has 0 nitrogen and oxygen atoms in total. The topological polar surface area (TPSA) is 0 Å². The summed E-state index contributed by atoms with van der Waals surface area (Å²) < 4.78 is 79.5. The quantitative estimate of drug-likeness (QED) is 0.0526. The van der Waals surface area contributed by atoms with Gasteiger partial charge in [0.1, 0.15) is 0 Å². The largest absolute Gasteiger partial charge is 0.204 e. The highest BCUT2D eigenvalue weighted by atomic mass is 79.9. The van der Waals surface area contributed by atoms with E-state index in [1.54, 1.807) is 0 Å². The van der Waals surface area contributed by atoms with Crippen LogP contribution in [0.5, 0.6) is 0 Å². The van der Waals surface area contributed by atoms with Crippen molar-refractivity contribution in [2.75, 3.05) is 0 Å². The van der Waals surface area contributed by atoms with Crippen molar-refractivity contribution in [1.82, 2.24) is 0 Å². The van der Waals surface area contributed by atoms with Crippen molar-refractivity contribution in [3.63, 3.8) is 0 Å². The Bertz CT molecular complexity index is 2170. The summed E-state index contributed by atoms with van der Waals surface area (Å²) in [6.45, 7) is 12.4. The van der Waals surface area contributed by atoms with E-state index in [9.17, 15) is 26.3 Å². The molecule has 0 unspecified atom stereocenters. The van der Waals surface area contributed by atoms with Crippen LogP contribution in [-0.4, -0.2) is 15.5 Å². The number of aryl methyl sites for hydroxylation is 2. The lowest BCUT2D eigenvalue weighted by molar-refractivity contribution is 0.445. The van der Waals surface area contributed by atoms with Gasteiger partial charge in [0.25, 0.3) is 0 Å². The van der Waals surface area contributed by atoms with Crippen LogP contribution >= 0.6 is 27.0 Å². The van der Waals surface area contributed by atoms with Crippen LogP contribution in [0.25, 0.3) is 22.3 Å². The minimum atomic E-state index is -1.98. The van der Waals surface area contributed by atoms with Crippen molar-refractivity contribution >= 4 is 47.7 Å². The van der Waals surface area contributed by atoms with Gasteiger partial charge in [0.2, 0.25) is 0 Å². The zero-order chi connectivity index (χ0) is 42.6. The molecule has 0 bridgehead atoms. The number of halogens is 8. The van der Waals surface area contributed by atoms with Gasteiger partial charge in [-0.2, -0.15) is 11.1 Å². The Balaban J connectivity index is 0.000000210. The molecule has 0 saturated carbocycles. The molecule has 306 valence electrons. The number of benzene rings is 6. The van der Waals surface area contributed by atoms with Crippen LogP contribution in [0.3, 0.4) is 0 Å². The van der Waals surface area contributed by atoms with Crippen LogP contribution in [0.15, 0.2) is 126 Å². The summed E-state index contributed by atoms with van der Waals surface area (Å²) in [5, 5.41) is 1.20. The Labute approximate surface area is 355 Å². The fourth-order valence-electron chi connectivity index (χ4n) is 6.58. The maximum Gasteiger partial charge on any atom is 0.194 e. The van der Waals surface area contributed by atoms with E-state index >= 15 is 0 Å². The Hall–Kier alpha value is -3.90. The van der Waals surface area contributed by atoms with Crippen LogP contribution < -0.4 is 5.19 Å². The smallest absolute Gasteiger partial charge is 0.194 e. The molecule has 0 fully saturated rings. The molecule has 0 saturated heterocycles. The van der Waals surface area contributed by atoms with Crippen LogP contribution in [-0.2, 0) is 24.9 Å². The van der Waals surface area contributed by atoms with E-state index in [-0.39, 0.29) is 0 Å². The summed E-state index contributed by atoms with van der Waals surface area (Å²) in [5.41, 5.74) is 8.55. The van der Waals surface area contributed by atoms with Crippen LogP contribution in [0.4, 0.5) is 26.3 Å². The lowest BCUT2D eigenvalue weighted by atomic mass is 10.0. The van der Waals surface area contributed by atoms with Gasteiger partial charge in [0.05, 0.1) is 8.07 Å². The molecule has 0 atom stereocenters. The van der Waals surface area contributed by atoms with E-state index in [2.05, 4.69) is 140 Å². The van der Waals surface area contributed by atoms with Gasteiger partial charge in [-0.25, -0.2) is 26.3 Å². The molecular formula is C48H50BrClF6Si2. The second-order valence-electron chi connectivity index (χ2n) is 15.7. The van der Waals surface area contributed by atoms with Gasteiger partial charge < -0.3 is 0 Å². The fraction of sp³-hybridized carbons (Fsp3) is 0.250. The molecule has 0 amide bonds. The van der Waals surface area contributed by atoms with Gasteiger partial charge in [0.15, 0.2) is 42.3 Å². The number of hydrogen-bond acceptors (Lipinski definition) is 0. The van der Waals surface area contributed by atoms with Crippen molar-refractivity contribution in [1.29, 1.82) is 0 Å². The van der Waals surface area contributed by atoms with E-state index in [1.165, 1.54) is 45.8 Å². The molecule has 0 aromatic heterocycles. The SMILES string of the molecule is CCCc1ccc(-c2ccc(Br)cc2)cc1.CCCc1ccc(-c2ccc([Si](C)(C)Cc3cc(F)c(F)c(F)c3)cc2)cc1.C[Si](C)(Cl)Cc1cc(F)c(F)c(F)c1. The first kappa shape index (κ1) is 46.8. The average Bonchev–Trinajstić information content (AvgIpc) is 3.17. The predicted molar refractivity (Wildman–Crippen MR) is 240 cm³/mol. The Morgan fingerprint density at radius 3 is 1.09 bits per heavy atom. The maximum atomic E-state index is 13.5. The Kier molecular flexibility index (Phi) is 17.3. The molecule has 0 aliphatic carbocycles. The van der Waals surface area contributed by atoms with Crippen LogP contribution in [0, 0.1) is 34.9 Å². The lowest BCUT2D eigenvalue weighted by Gasteiger charge is -2.23. The molecule has 6 aromatic rings. The Morgan fingerprint density at radius 1 is 0.448 bits per heavy atom. The lowest BCUT2D eigenvalue weighted by Crippen LogP contribution is -2.44. The van der Waals surface area contributed by atoms with Crippen molar-refractivity contribution < 1.29 is 26.3 Å². The third-order valence-electron chi connectivity index (χ3n) is 9.52. The standard InChI is InChI=1S/C24H25F3Si.C15H15Br.C9H10ClF3Si/c1-4-5-17-6-8-19(9-7-17)20-10-12-21(13-11-20)28(2,3)16-18-14-22(25)24(27)23(26)15-18;1-2-3-12-4-6-13(7-5-12)14-8-10-15(16)11-9-14;1-14(2,10)5-6-3-7(11)9(13)8(12)4-6/h6-15H,4-5,16H2,1-3H3;4-11H,2-3H2,1H3;3-4H,5H2,1-2H3. The van der Waals surface area contributed by atoms with Gasteiger partial charge >= 0.3 is 0 Å². The van der Waals surface area contributed by atoms with Crippen molar-refractivity contribution in [2.45, 2.75) is 77.8 Å².